The van der Waals surface area contributed by atoms with Gasteiger partial charge in [-0.25, -0.2) is 0 Å². The first-order valence-corrected chi connectivity index (χ1v) is 9.30. The molecule has 1 aromatic carbocycles. The molecule has 1 rings (SSSR count). The van der Waals surface area contributed by atoms with Gasteiger partial charge in [-0.05, 0) is 43.2 Å². The molecule has 0 aromatic heterocycles. The van der Waals surface area contributed by atoms with E-state index in [1.165, 1.54) is 36.5 Å². The summed E-state index contributed by atoms with van der Waals surface area (Å²) in [5.74, 6) is -0.292. The van der Waals surface area contributed by atoms with Gasteiger partial charge in [0.15, 0.2) is 0 Å². The third-order valence-corrected chi connectivity index (χ3v) is 4.02. The predicted molar refractivity (Wildman–Crippen MR) is 88.2 cm³/mol. The predicted octanol–water partition coefficient (Wildman–Crippen LogP) is 4.19. The molecule has 0 aliphatic rings. The van der Waals surface area contributed by atoms with Crippen LogP contribution >= 0.6 is 0 Å². The number of hydrogen-bond donors (Lipinski definition) is 1. The van der Waals surface area contributed by atoms with E-state index >= 15 is 0 Å². The maximum Gasteiger partial charge on any atom is 0.268 e. The Labute approximate surface area is 128 Å². The highest BCUT2D eigenvalue weighted by Gasteiger charge is 1.98. The summed E-state index contributed by atoms with van der Waals surface area (Å²) in [7, 11) is -3.86. The van der Waals surface area contributed by atoms with Crippen LogP contribution in [0.3, 0.4) is 0 Å². The minimum absolute atomic E-state index is 0.292. The zero-order chi connectivity index (χ0) is 15.6. The van der Waals surface area contributed by atoms with E-state index in [1.54, 1.807) is 0 Å². The Morgan fingerprint density at radius 2 is 1.52 bits per heavy atom. The molecule has 4 heteroatoms. The maximum absolute atomic E-state index is 10.5. The molecule has 3 nitrogen and oxygen atoms in total. The second-order valence-electron chi connectivity index (χ2n) is 5.39. The molecule has 0 bridgehead atoms. The number of allylic oxidation sites excluding steroid dienone is 1. The lowest BCUT2D eigenvalue weighted by Gasteiger charge is -2.03. The lowest BCUT2D eigenvalue weighted by atomic mass is 10.0. The fourth-order valence-electron chi connectivity index (χ4n) is 2.18. The highest BCUT2D eigenvalue weighted by Crippen LogP contribution is 2.11. The molecule has 0 atom stereocenters. The Bertz CT molecular complexity index is 515. The van der Waals surface area contributed by atoms with E-state index in [2.05, 4.69) is 31.2 Å². The Balaban J connectivity index is 2.23. The first kappa shape index (κ1) is 17.9. The monoisotopic (exact) mass is 310 g/mol. The Morgan fingerprint density at radius 3 is 2.05 bits per heavy atom. The number of rotatable bonds is 10. The highest BCUT2D eigenvalue weighted by atomic mass is 32.2. The van der Waals surface area contributed by atoms with Crippen LogP contribution in [0.15, 0.2) is 36.4 Å². The van der Waals surface area contributed by atoms with Crippen molar-refractivity contribution in [2.75, 3.05) is 5.75 Å². The Morgan fingerprint density at radius 1 is 0.952 bits per heavy atom. The number of unbranched alkanes of at least 4 members (excludes halogenated alkanes) is 3. The van der Waals surface area contributed by atoms with Crippen molar-refractivity contribution in [3.05, 3.63) is 47.5 Å². The average molecular weight is 310 g/mol. The third kappa shape index (κ3) is 9.43. The van der Waals surface area contributed by atoms with Crippen LogP contribution < -0.4 is 0 Å². The molecular weight excluding hydrogens is 284 g/mol. The smallest absolute Gasteiger partial charge is 0.268 e. The summed E-state index contributed by atoms with van der Waals surface area (Å²) in [6.45, 7) is 2.22. The molecule has 0 aliphatic carbocycles. The van der Waals surface area contributed by atoms with Crippen LogP contribution in [0.1, 0.15) is 50.2 Å². The van der Waals surface area contributed by atoms with Crippen LogP contribution in [0.2, 0.25) is 0 Å². The average Bonchev–Trinajstić information content (AvgIpc) is 2.43. The molecule has 0 saturated carbocycles. The summed E-state index contributed by atoms with van der Waals surface area (Å²) in [5, 5.41) is 0. The van der Waals surface area contributed by atoms with Gasteiger partial charge in [-0.1, -0.05) is 56.2 Å². The molecular formula is C17H26O3S. The van der Waals surface area contributed by atoms with Gasteiger partial charge >= 0.3 is 0 Å². The quantitative estimate of drug-likeness (QED) is 0.400. The first-order valence-electron chi connectivity index (χ1n) is 7.69. The van der Waals surface area contributed by atoms with E-state index in [0.29, 0.717) is 0 Å². The molecule has 0 saturated heterocycles. The van der Waals surface area contributed by atoms with Gasteiger partial charge in [-0.15, -0.1) is 0 Å². The van der Waals surface area contributed by atoms with E-state index in [-0.39, 0.29) is 5.75 Å². The maximum atomic E-state index is 10.5. The minimum Gasteiger partial charge on any atom is -0.285 e. The van der Waals surface area contributed by atoms with Gasteiger partial charge in [0.25, 0.3) is 10.1 Å². The lowest BCUT2D eigenvalue weighted by molar-refractivity contribution is 0.486. The van der Waals surface area contributed by atoms with E-state index < -0.39 is 10.1 Å². The van der Waals surface area contributed by atoms with Crippen LogP contribution in [0.25, 0.3) is 0 Å². The van der Waals surface area contributed by atoms with E-state index in [1.807, 2.05) is 6.08 Å². The summed E-state index contributed by atoms with van der Waals surface area (Å²) in [6, 6.07) is 8.78. The standard InChI is InChI=1S/C17H26O3S/c1-2-3-6-9-16-11-13-17(14-12-16)10-7-4-5-8-15-21(18,19)20/h5,8,11-14H,2-4,6-7,9-10,15H2,1H3,(H,18,19,20). The topological polar surface area (TPSA) is 54.4 Å². The fourth-order valence-corrected chi connectivity index (χ4v) is 2.56. The van der Waals surface area contributed by atoms with E-state index in [0.717, 1.165) is 25.7 Å². The normalized spacial score (nSPS) is 12.1. The summed E-state index contributed by atoms with van der Waals surface area (Å²) in [4.78, 5) is 0. The van der Waals surface area contributed by atoms with Crippen molar-refractivity contribution < 1.29 is 13.0 Å². The van der Waals surface area contributed by atoms with Crippen LogP contribution in [-0.4, -0.2) is 18.7 Å². The second kappa shape index (κ2) is 9.74. The van der Waals surface area contributed by atoms with E-state index in [4.69, 9.17) is 4.55 Å². The minimum atomic E-state index is -3.86. The van der Waals surface area contributed by atoms with Crippen molar-refractivity contribution >= 4 is 10.1 Å². The van der Waals surface area contributed by atoms with Crippen molar-refractivity contribution in [2.45, 2.75) is 51.9 Å². The molecule has 21 heavy (non-hydrogen) atoms. The molecule has 0 heterocycles. The lowest BCUT2D eigenvalue weighted by Crippen LogP contribution is -2.00. The summed E-state index contributed by atoms with van der Waals surface area (Å²) >= 11 is 0. The zero-order valence-electron chi connectivity index (χ0n) is 12.8. The van der Waals surface area contributed by atoms with Gasteiger partial charge < -0.3 is 0 Å². The van der Waals surface area contributed by atoms with Crippen molar-refractivity contribution in [1.82, 2.24) is 0 Å². The first-order chi connectivity index (χ1) is 10.0. The van der Waals surface area contributed by atoms with Gasteiger partial charge in [0.05, 0.1) is 5.75 Å². The molecule has 0 aliphatic heterocycles. The van der Waals surface area contributed by atoms with Crippen molar-refractivity contribution in [3.8, 4) is 0 Å². The summed E-state index contributed by atoms with van der Waals surface area (Å²) in [6.07, 6.45) is 11.1. The summed E-state index contributed by atoms with van der Waals surface area (Å²) < 4.78 is 29.6. The molecule has 0 radical (unpaired) electrons. The highest BCUT2D eigenvalue weighted by molar-refractivity contribution is 7.85. The Hall–Kier alpha value is -1.13. The zero-order valence-corrected chi connectivity index (χ0v) is 13.6. The number of hydrogen-bond acceptors (Lipinski definition) is 2. The molecule has 0 unspecified atom stereocenters. The largest absolute Gasteiger partial charge is 0.285 e. The van der Waals surface area contributed by atoms with Gasteiger partial charge in [0.1, 0.15) is 0 Å². The van der Waals surface area contributed by atoms with Gasteiger partial charge in [-0.2, -0.15) is 8.42 Å². The van der Waals surface area contributed by atoms with Crippen LogP contribution in [-0.2, 0) is 23.0 Å². The van der Waals surface area contributed by atoms with Crippen molar-refractivity contribution in [1.29, 1.82) is 0 Å². The summed E-state index contributed by atoms with van der Waals surface area (Å²) in [5.41, 5.74) is 2.72. The molecule has 1 N–H and O–H groups in total. The fraction of sp³-hybridized carbons (Fsp3) is 0.529. The number of aryl methyl sites for hydroxylation is 2. The molecule has 1 aromatic rings. The van der Waals surface area contributed by atoms with Gasteiger partial charge in [0, 0.05) is 0 Å². The third-order valence-electron chi connectivity index (χ3n) is 3.40. The van der Waals surface area contributed by atoms with Crippen LogP contribution in [0.4, 0.5) is 0 Å². The molecule has 0 spiro atoms. The second-order valence-corrected chi connectivity index (χ2v) is 6.88. The van der Waals surface area contributed by atoms with Gasteiger partial charge in [-0.3, -0.25) is 4.55 Å². The Kier molecular flexibility index (Phi) is 8.31. The number of benzene rings is 1. The van der Waals surface area contributed by atoms with E-state index in [9.17, 15) is 8.42 Å². The van der Waals surface area contributed by atoms with Crippen LogP contribution in [0.5, 0.6) is 0 Å². The van der Waals surface area contributed by atoms with Gasteiger partial charge in [0.2, 0.25) is 0 Å². The molecule has 118 valence electrons. The molecule has 0 fully saturated rings. The SMILES string of the molecule is CCCCCc1ccc(CCCC=CCS(=O)(=O)O)cc1. The van der Waals surface area contributed by atoms with Crippen molar-refractivity contribution in [3.63, 3.8) is 0 Å². The van der Waals surface area contributed by atoms with Crippen LogP contribution in [0, 0.1) is 0 Å². The van der Waals surface area contributed by atoms with Crippen molar-refractivity contribution in [2.24, 2.45) is 0 Å². The molecule has 0 amide bonds.